The maximum atomic E-state index is 5.93. The Morgan fingerprint density at radius 3 is 2.74 bits per heavy atom. The third-order valence-corrected chi connectivity index (χ3v) is 2.83. The molecular formula is C15H24ClNO2. The summed E-state index contributed by atoms with van der Waals surface area (Å²) in [4.78, 5) is 0. The molecule has 108 valence electrons. The Kier molecular flexibility index (Phi) is 8.63. The Morgan fingerprint density at radius 2 is 2.05 bits per heavy atom. The molecule has 4 heteroatoms. The first-order valence-electron chi connectivity index (χ1n) is 6.95. The van der Waals surface area contributed by atoms with Gasteiger partial charge in [-0.05, 0) is 37.6 Å². The number of nitrogens with one attached hydrogen (secondary N) is 1. The second kappa shape index (κ2) is 10.1. The first-order chi connectivity index (χ1) is 9.26. The zero-order valence-electron chi connectivity index (χ0n) is 11.8. The number of halogens is 1. The van der Waals surface area contributed by atoms with Crippen molar-refractivity contribution < 1.29 is 9.47 Å². The molecule has 0 aliphatic carbocycles. The lowest BCUT2D eigenvalue weighted by Crippen LogP contribution is -2.39. The standard InChI is InChI=1S/C15H24ClNO2/c1-3-8-17-14(11-18-9-4-2)12-19-15-7-5-6-13(16)10-15/h5-7,10,14,17H,3-4,8-9,11-12H2,1-2H3. The normalized spacial score (nSPS) is 12.4. The van der Waals surface area contributed by atoms with Crippen LogP contribution < -0.4 is 10.1 Å². The minimum absolute atomic E-state index is 0.213. The lowest BCUT2D eigenvalue weighted by atomic mass is 10.3. The van der Waals surface area contributed by atoms with Gasteiger partial charge in [-0.25, -0.2) is 0 Å². The van der Waals surface area contributed by atoms with E-state index in [9.17, 15) is 0 Å². The van der Waals surface area contributed by atoms with E-state index in [1.165, 1.54) is 0 Å². The average molecular weight is 286 g/mol. The Bertz CT molecular complexity index is 347. The van der Waals surface area contributed by atoms with Gasteiger partial charge in [-0.2, -0.15) is 0 Å². The van der Waals surface area contributed by atoms with Gasteiger partial charge < -0.3 is 14.8 Å². The van der Waals surface area contributed by atoms with Crippen molar-refractivity contribution in [2.45, 2.75) is 32.7 Å². The van der Waals surface area contributed by atoms with E-state index in [2.05, 4.69) is 19.2 Å². The highest BCUT2D eigenvalue weighted by Crippen LogP contribution is 2.17. The maximum absolute atomic E-state index is 5.93. The predicted octanol–water partition coefficient (Wildman–Crippen LogP) is 3.51. The van der Waals surface area contributed by atoms with Crippen LogP contribution >= 0.6 is 11.6 Å². The third kappa shape index (κ3) is 7.41. The monoisotopic (exact) mass is 285 g/mol. The summed E-state index contributed by atoms with van der Waals surface area (Å²) in [5.41, 5.74) is 0. The van der Waals surface area contributed by atoms with Crippen molar-refractivity contribution in [1.29, 1.82) is 0 Å². The lowest BCUT2D eigenvalue weighted by molar-refractivity contribution is 0.0938. The second-order valence-electron chi connectivity index (χ2n) is 4.49. The molecule has 0 aliphatic rings. The van der Waals surface area contributed by atoms with Gasteiger partial charge in [0.2, 0.25) is 0 Å². The molecular weight excluding hydrogens is 262 g/mol. The molecule has 1 unspecified atom stereocenters. The van der Waals surface area contributed by atoms with Crippen molar-refractivity contribution in [2.24, 2.45) is 0 Å². The van der Waals surface area contributed by atoms with Crippen LogP contribution in [0.5, 0.6) is 5.75 Å². The third-order valence-electron chi connectivity index (χ3n) is 2.60. The SMILES string of the molecule is CCCNC(COCCC)COc1cccc(Cl)c1. The van der Waals surface area contributed by atoms with E-state index >= 15 is 0 Å². The number of hydrogen-bond acceptors (Lipinski definition) is 3. The van der Waals surface area contributed by atoms with Gasteiger partial charge in [-0.3, -0.25) is 0 Å². The molecule has 1 aromatic rings. The van der Waals surface area contributed by atoms with E-state index < -0.39 is 0 Å². The highest BCUT2D eigenvalue weighted by molar-refractivity contribution is 6.30. The summed E-state index contributed by atoms with van der Waals surface area (Å²) >= 11 is 5.93. The Hall–Kier alpha value is -0.770. The van der Waals surface area contributed by atoms with E-state index in [1.54, 1.807) is 0 Å². The first-order valence-corrected chi connectivity index (χ1v) is 7.33. The average Bonchev–Trinajstić information content (AvgIpc) is 2.41. The fraction of sp³-hybridized carbons (Fsp3) is 0.600. The molecule has 0 aromatic heterocycles. The van der Waals surface area contributed by atoms with Crippen molar-refractivity contribution in [2.75, 3.05) is 26.4 Å². The number of rotatable bonds is 10. The zero-order chi connectivity index (χ0) is 13.9. The van der Waals surface area contributed by atoms with E-state index in [0.29, 0.717) is 18.2 Å². The van der Waals surface area contributed by atoms with Crippen LogP contribution in [0, 0.1) is 0 Å². The molecule has 19 heavy (non-hydrogen) atoms. The fourth-order valence-corrected chi connectivity index (χ4v) is 1.82. The van der Waals surface area contributed by atoms with E-state index in [0.717, 1.165) is 31.7 Å². The molecule has 0 heterocycles. The number of benzene rings is 1. The molecule has 0 spiro atoms. The van der Waals surface area contributed by atoms with Gasteiger partial charge in [0.15, 0.2) is 0 Å². The van der Waals surface area contributed by atoms with Gasteiger partial charge in [0, 0.05) is 11.6 Å². The largest absolute Gasteiger partial charge is 0.492 e. The summed E-state index contributed by atoms with van der Waals surface area (Å²) in [7, 11) is 0. The summed E-state index contributed by atoms with van der Waals surface area (Å²) in [5.74, 6) is 0.797. The van der Waals surface area contributed by atoms with Crippen molar-refractivity contribution in [1.82, 2.24) is 5.32 Å². The van der Waals surface area contributed by atoms with Crippen molar-refractivity contribution in [3.8, 4) is 5.75 Å². The molecule has 1 atom stereocenters. The van der Waals surface area contributed by atoms with Gasteiger partial charge in [0.25, 0.3) is 0 Å². The first kappa shape index (κ1) is 16.3. The van der Waals surface area contributed by atoms with Crippen LogP contribution in [-0.4, -0.2) is 32.4 Å². The van der Waals surface area contributed by atoms with Crippen LogP contribution in [0.2, 0.25) is 5.02 Å². The summed E-state index contributed by atoms with van der Waals surface area (Å²) in [6, 6.07) is 7.68. The van der Waals surface area contributed by atoms with Gasteiger partial charge in [0.05, 0.1) is 12.6 Å². The quantitative estimate of drug-likeness (QED) is 0.667. The summed E-state index contributed by atoms with van der Waals surface area (Å²) < 4.78 is 11.3. The molecule has 3 nitrogen and oxygen atoms in total. The smallest absolute Gasteiger partial charge is 0.120 e. The molecule has 0 aliphatic heterocycles. The molecule has 1 aromatic carbocycles. The van der Waals surface area contributed by atoms with Gasteiger partial charge in [0.1, 0.15) is 12.4 Å². The molecule has 0 saturated heterocycles. The van der Waals surface area contributed by atoms with E-state index in [4.69, 9.17) is 21.1 Å². The minimum atomic E-state index is 0.213. The van der Waals surface area contributed by atoms with Crippen LogP contribution in [0.4, 0.5) is 0 Å². The molecule has 0 bridgehead atoms. The molecule has 1 rings (SSSR count). The predicted molar refractivity (Wildman–Crippen MR) is 80.1 cm³/mol. The highest BCUT2D eigenvalue weighted by atomic mass is 35.5. The van der Waals surface area contributed by atoms with E-state index in [1.807, 2.05) is 24.3 Å². The Labute approximate surface area is 121 Å². The van der Waals surface area contributed by atoms with Crippen LogP contribution in [0.15, 0.2) is 24.3 Å². The van der Waals surface area contributed by atoms with Crippen molar-refractivity contribution in [3.05, 3.63) is 29.3 Å². The minimum Gasteiger partial charge on any atom is -0.492 e. The summed E-state index contributed by atoms with van der Waals surface area (Å²) in [5, 5.41) is 4.12. The van der Waals surface area contributed by atoms with Crippen molar-refractivity contribution in [3.63, 3.8) is 0 Å². The number of ether oxygens (including phenoxy) is 2. The molecule has 0 fully saturated rings. The number of hydrogen-bond donors (Lipinski definition) is 1. The highest BCUT2D eigenvalue weighted by Gasteiger charge is 2.09. The molecule has 0 amide bonds. The lowest BCUT2D eigenvalue weighted by Gasteiger charge is -2.19. The topological polar surface area (TPSA) is 30.5 Å². The Morgan fingerprint density at radius 1 is 1.21 bits per heavy atom. The van der Waals surface area contributed by atoms with Crippen molar-refractivity contribution >= 4 is 11.6 Å². The van der Waals surface area contributed by atoms with Gasteiger partial charge in [-0.15, -0.1) is 0 Å². The summed E-state index contributed by atoms with van der Waals surface area (Å²) in [6.07, 6.45) is 2.14. The maximum Gasteiger partial charge on any atom is 0.120 e. The second-order valence-corrected chi connectivity index (χ2v) is 4.93. The van der Waals surface area contributed by atoms with Crippen LogP contribution in [0.25, 0.3) is 0 Å². The fourth-order valence-electron chi connectivity index (χ4n) is 1.64. The zero-order valence-corrected chi connectivity index (χ0v) is 12.6. The Balaban J connectivity index is 2.37. The molecule has 0 saturated carbocycles. The van der Waals surface area contributed by atoms with Gasteiger partial charge >= 0.3 is 0 Å². The van der Waals surface area contributed by atoms with Crippen LogP contribution in [-0.2, 0) is 4.74 Å². The van der Waals surface area contributed by atoms with Crippen LogP contribution in [0.3, 0.4) is 0 Å². The van der Waals surface area contributed by atoms with Crippen LogP contribution in [0.1, 0.15) is 26.7 Å². The molecule has 1 N–H and O–H groups in total. The van der Waals surface area contributed by atoms with Gasteiger partial charge in [-0.1, -0.05) is 31.5 Å². The van der Waals surface area contributed by atoms with E-state index in [-0.39, 0.29) is 6.04 Å². The summed E-state index contributed by atoms with van der Waals surface area (Å²) in [6.45, 7) is 7.28. The molecule has 0 radical (unpaired) electrons.